The number of hydrogen-bond donors (Lipinski definition) is 0. The maximum absolute atomic E-state index is 7.64. The van der Waals surface area contributed by atoms with E-state index in [0.29, 0.717) is 0 Å². The van der Waals surface area contributed by atoms with Crippen LogP contribution >= 0.6 is 0 Å². The molecule has 2 aliphatic rings. The number of benzene rings is 13. The molecule has 5 nitrogen and oxygen atoms in total. The van der Waals surface area contributed by atoms with Crippen molar-refractivity contribution in [2.24, 2.45) is 0 Å². The molecular weight excluding hydrogens is 1020 g/mol. The average Bonchev–Trinajstić information content (AvgIpc) is 1.38. The lowest BCUT2D eigenvalue weighted by Gasteiger charge is -2.45. The van der Waals surface area contributed by atoms with Crippen LogP contribution in [-0.2, 0) is 0 Å². The molecule has 5 heterocycles. The van der Waals surface area contributed by atoms with Crippen LogP contribution in [0.15, 0.2) is 302 Å². The Labute approximate surface area is 485 Å². The Balaban J connectivity index is 1.04. The van der Waals surface area contributed by atoms with Gasteiger partial charge >= 0.3 is 0 Å². The second-order valence-corrected chi connectivity index (χ2v) is 22.3. The van der Waals surface area contributed by atoms with E-state index in [4.69, 9.17) is 4.42 Å². The standard InChI is InChI=1S/C78H49BN4O/c1-4-24-50(25-5-1)53-46-71-76-72(47-53)83(64-38-18-11-31-56(64)52-28-8-3-9-29-52)73-49-70(81-67-41-21-14-34-59(67)60-35-15-22-42-68(60)81)75-61-36-16-23-43-74(61)84-78(75)77(73)79(76)62-45-44-54(80-65-39-19-12-32-57(65)58-33-13-20-40-66(58)80)48-69(62)82(71)63-37-17-10-30-55(63)51-26-6-2-7-27-51/h1-49H. The highest BCUT2D eigenvalue weighted by atomic mass is 16.3. The van der Waals surface area contributed by atoms with E-state index < -0.39 is 0 Å². The first-order valence-corrected chi connectivity index (χ1v) is 29.0. The number of para-hydroxylation sites is 7. The fourth-order valence-corrected chi connectivity index (χ4v) is 14.4. The van der Waals surface area contributed by atoms with Gasteiger partial charge in [0, 0.05) is 66.5 Å². The maximum Gasteiger partial charge on any atom is 0.257 e. The third kappa shape index (κ3) is 6.73. The molecule has 18 rings (SSSR count). The van der Waals surface area contributed by atoms with E-state index in [9.17, 15) is 0 Å². The van der Waals surface area contributed by atoms with Gasteiger partial charge in [0.1, 0.15) is 11.2 Å². The number of nitrogens with zero attached hydrogens (tertiary/aromatic N) is 4. The number of anilines is 6. The van der Waals surface area contributed by atoms with Crippen molar-refractivity contribution in [3.05, 3.63) is 297 Å². The Bertz CT molecular complexity index is 5230. The molecule has 3 aromatic heterocycles. The molecule has 0 atom stereocenters. The van der Waals surface area contributed by atoms with Crippen LogP contribution in [0.2, 0.25) is 0 Å². The predicted molar refractivity (Wildman–Crippen MR) is 353 cm³/mol. The summed E-state index contributed by atoms with van der Waals surface area (Å²) in [5.74, 6) is 0. The SMILES string of the molecule is c1ccc(-c2cc3c4c(c2)N(c2ccccc2-c2ccccc2)c2cc(-n5c6ccccc6c6ccccc65)c5c(oc6ccccc65)c2B4c2ccc(-n4c5ccccc5c5ccccc54)cc2N3c2ccccc2-c2ccccc2)cc1. The molecule has 84 heavy (non-hydrogen) atoms. The maximum atomic E-state index is 7.64. The lowest BCUT2D eigenvalue weighted by atomic mass is 9.33. The first-order valence-electron chi connectivity index (χ1n) is 29.0. The van der Waals surface area contributed by atoms with Gasteiger partial charge in [-0.25, -0.2) is 0 Å². The summed E-state index contributed by atoms with van der Waals surface area (Å²) in [6, 6.07) is 109. The van der Waals surface area contributed by atoms with Gasteiger partial charge in [0.15, 0.2) is 0 Å². The van der Waals surface area contributed by atoms with Gasteiger partial charge in [0.05, 0.1) is 44.5 Å². The summed E-state index contributed by atoms with van der Waals surface area (Å²) < 4.78 is 12.6. The second-order valence-electron chi connectivity index (χ2n) is 22.3. The average molecular weight is 1070 g/mol. The highest BCUT2D eigenvalue weighted by Crippen LogP contribution is 2.52. The van der Waals surface area contributed by atoms with Gasteiger partial charge in [-0.15, -0.1) is 0 Å². The van der Waals surface area contributed by atoms with Crippen molar-refractivity contribution < 1.29 is 4.42 Å². The Hall–Kier alpha value is -11.1. The van der Waals surface area contributed by atoms with E-state index in [2.05, 4.69) is 316 Å². The van der Waals surface area contributed by atoms with Crippen molar-refractivity contribution in [3.8, 4) is 44.8 Å². The largest absolute Gasteiger partial charge is 0.456 e. The van der Waals surface area contributed by atoms with Crippen molar-refractivity contribution in [3.63, 3.8) is 0 Å². The van der Waals surface area contributed by atoms with E-state index in [1.165, 1.54) is 32.5 Å². The highest BCUT2D eigenvalue weighted by Gasteiger charge is 2.47. The zero-order valence-corrected chi connectivity index (χ0v) is 45.6. The molecule has 390 valence electrons. The minimum Gasteiger partial charge on any atom is -0.456 e. The molecule has 13 aromatic carbocycles. The Morgan fingerprint density at radius 3 is 1.25 bits per heavy atom. The molecule has 0 fully saturated rings. The van der Waals surface area contributed by atoms with E-state index in [0.717, 1.165) is 128 Å². The molecule has 2 aliphatic heterocycles. The zero-order chi connectivity index (χ0) is 55.0. The Morgan fingerprint density at radius 2 is 0.702 bits per heavy atom. The topological polar surface area (TPSA) is 29.5 Å². The van der Waals surface area contributed by atoms with Gasteiger partial charge in [0.2, 0.25) is 0 Å². The highest BCUT2D eigenvalue weighted by molar-refractivity contribution is 7.01. The fourth-order valence-electron chi connectivity index (χ4n) is 14.4. The van der Waals surface area contributed by atoms with Gasteiger partial charge in [-0.2, -0.15) is 0 Å². The quantitative estimate of drug-likeness (QED) is 0.149. The molecular formula is C78H49BN4O. The first-order chi connectivity index (χ1) is 41.7. The van der Waals surface area contributed by atoms with Gasteiger partial charge in [-0.3, -0.25) is 0 Å². The summed E-state index contributed by atoms with van der Waals surface area (Å²) >= 11 is 0. The Morgan fingerprint density at radius 1 is 0.274 bits per heavy atom. The number of fused-ring (bicyclic) bond motifs is 14. The summed E-state index contributed by atoms with van der Waals surface area (Å²) in [4.78, 5) is 5.17. The van der Waals surface area contributed by atoms with E-state index in [1.54, 1.807) is 0 Å². The molecule has 16 aromatic rings. The van der Waals surface area contributed by atoms with Gasteiger partial charge in [-0.05, 0) is 111 Å². The molecule has 0 aliphatic carbocycles. The van der Waals surface area contributed by atoms with Gasteiger partial charge in [-0.1, -0.05) is 224 Å². The Kier molecular flexibility index (Phi) is 10.1. The summed E-state index contributed by atoms with van der Waals surface area (Å²) in [6.45, 7) is -0.299. The van der Waals surface area contributed by atoms with Crippen LogP contribution in [0.4, 0.5) is 34.1 Å². The van der Waals surface area contributed by atoms with Crippen molar-refractivity contribution >= 4 is 123 Å². The lowest BCUT2D eigenvalue weighted by Crippen LogP contribution is -2.61. The smallest absolute Gasteiger partial charge is 0.257 e. The number of hydrogen-bond acceptors (Lipinski definition) is 3. The van der Waals surface area contributed by atoms with Crippen LogP contribution in [0.3, 0.4) is 0 Å². The van der Waals surface area contributed by atoms with E-state index in [1.807, 2.05) is 0 Å². The summed E-state index contributed by atoms with van der Waals surface area (Å²) in [5.41, 5.74) is 25.3. The molecule has 0 saturated heterocycles. The van der Waals surface area contributed by atoms with Crippen molar-refractivity contribution in [1.82, 2.24) is 9.13 Å². The van der Waals surface area contributed by atoms with Crippen LogP contribution in [0, 0.1) is 0 Å². The van der Waals surface area contributed by atoms with Crippen LogP contribution < -0.4 is 26.2 Å². The van der Waals surface area contributed by atoms with Crippen LogP contribution in [0.25, 0.3) is 110 Å². The van der Waals surface area contributed by atoms with Crippen LogP contribution in [0.1, 0.15) is 0 Å². The fraction of sp³-hybridized carbons (Fsp3) is 0. The summed E-state index contributed by atoms with van der Waals surface area (Å²) in [6.07, 6.45) is 0. The van der Waals surface area contributed by atoms with Gasteiger partial charge in [0.25, 0.3) is 6.71 Å². The van der Waals surface area contributed by atoms with Crippen molar-refractivity contribution in [1.29, 1.82) is 0 Å². The minimum atomic E-state index is -0.299. The molecule has 0 saturated carbocycles. The third-order valence-corrected chi connectivity index (χ3v) is 17.9. The second kappa shape index (κ2) is 18.2. The van der Waals surface area contributed by atoms with Crippen molar-refractivity contribution in [2.75, 3.05) is 9.80 Å². The predicted octanol–water partition coefficient (Wildman–Crippen LogP) is 18.9. The molecule has 0 amide bonds. The molecule has 0 spiro atoms. The molecule has 0 radical (unpaired) electrons. The number of rotatable bonds is 7. The summed E-state index contributed by atoms with van der Waals surface area (Å²) in [7, 11) is 0. The van der Waals surface area contributed by atoms with E-state index in [-0.39, 0.29) is 6.71 Å². The normalized spacial score (nSPS) is 12.7. The van der Waals surface area contributed by atoms with E-state index >= 15 is 0 Å². The van der Waals surface area contributed by atoms with Crippen molar-refractivity contribution in [2.45, 2.75) is 0 Å². The molecule has 0 N–H and O–H groups in total. The van der Waals surface area contributed by atoms with Crippen LogP contribution in [0.5, 0.6) is 0 Å². The van der Waals surface area contributed by atoms with Gasteiger partial charge < -0.3 is 23.4 Å². The first kappa shape index (κ1) is 46.7. The summed E-state index contributed by atoms with van der Waals surface area (Å²) in [5, 5.41) is 7.02. The van der Waals surface area contributed by atoms with Crippen LogP contribution in [-0.4, -0.2) is 15.8 Å². The molecule has 0 bridgehead atoms. The molecule has 6 heteroatoms. The lowest BCUT2D eigenvalue weighted by molar-refractivity contribution is 0.671. The molecule has 0 unspecified atom stereocenters. The number of aromatic nitrogens is 2. The minimum absolute atomic E-state index is 0.299. The monoisotopic (exact) mass is 1070 g/mol. The third-order valence-electron chi connectivity index (χ3n) is 17.9. The zero-order valence-electron chi connectivity index (χ0n) is 45.6. The number of furan rings is 1.